The number of carboxylic acid groups (broad SMARTS) is 1. The van der Waals surface area contributed by atoms with E-state index in [9.17, 15) is 14.4 Å². The van der Waals surface area contributed by atoms with Crippen LogP contribution in [0.2, 0.25) is 0 Å². The second kappa shape index (κ2) is 13.2. The zero-order valence-electron chi connectivity index (χ0n) is 17.4. The standard InChI is InChI=1S/C19H33N5O4.2ClH/c25-17(26)3-8-21-18(27)15-4-9-23(10-5-15)19(28)24-13-11-22(12-14-24)16-1-6-20-7-2-16;;/h15-16,20H,1-14H2,(H,21,27)(H,25,26);2*1H. The van der Waals surface area contributed by atoms with Gasteiger partial charge in [0.15, 0.2) is 0 Å². The van der Waals surface area contributed by atoms with Gasteiger partial charge >= 0.3 is 12.0 Å². The van der Waals surface area contributed by atoms with Crippen LogP contribution < -0.4 is 10.6 Å². The number of aliphatic carboxylic acids is 1. The van der Waals surface area contributed by atoms with Crippen molar-refractivity contribution in [1.29, 1.82) is 0 Å². The number of carbonyl (C=O) groups is 3. The highest BCUT2D eigenvalue weighted by atomic mass is 35.5. The Kier molecular flexibility index (Phi) is 11.8. The summed E-state index contributed by atoms with van der Waals surface area (Å²) in [6.07, 6.45) is 3.60. The van der Waals surface area contributed by atoms with Crippen LogP contribution in [0.1, 0.15) is 32.1 Å². The van der Waals surface area contributed by atoms with Crippen molar-refractivity contribution in [3.05, 3.63) is 0 Å². The van der Waals surface area contributed by atoms with E-state index in [0.717, 1.165) is 39.3 Å². The van der Waals surface area contributed by atoms with Crippen LogP contribution in [0.25, 0.3) is 0 Å². The lowest BCUT2D eigenvalue weighted by Gasteiger charge is -2.42. The molecule has 11 heteroatoms. The van der Waals surface area contributed by atoms with Gasteiger partial charge in [-0.1, -0.05) is 0 Å². The SMILES string of the molecule is Cl.Cl.O=C(O)CCNC(=O)C1CCN(C(=O)N2CCN(C3CCNCC3)CC2)CC1. The Labute approximate surface area is 190 Å². The highest BCUT2D eigenvalue weighted by Crippen LogP contribution is 2.20. The predicted octanol–water partition coefficient (Wildman–Crippen LogP) is 0.623. The third kappa shape index (κ3) is 7.44. The topological polar surface area (TPSA) is 105 Å². The molecule has 3 N–H and O–H groups in total. The summed E-state index contributed by atoms with van der Waals surface area (Å²) >= 11 is 0. The van der Waals surface area contributed by atoms with Gasteiger partial charge in [-0.05, 0) is 38.8 Å². The van der Waals surface area contributed by atoms with Gasteiger partial charge in [-0.25, -0.2) is 4.79 Å². The minimum Gasteiger partial charge on any atom is -0.481 e. The Morgan fingerprint density at radius 2 is 1.43 bits per heavy atom. The van der Waals surface area contributed by atoms with Gasteiger partial charge in [-0.3, -0.25) is 14.5 Å². The van der Waals surface area contributed by atoms with Gasteiger partial charge in [0.05, 0.1) is 6.42 Å². The predicted molar refractivity (Wildman–Crippen MR) is 118 cm³/mol. The van der Waals surface area contributed by atoms with Crippen molar-refractivity contribution in [1.82, 2.24) is 25.3 Å². The number of amides is 3. The van der Waals surface area contributed by atoms with Crippen molar-refractivity contribution in [3.63, 3.8) is 0 Å². The van der Waals surface area contributed by atoms with E-state index in [0.29, 0.717) is 32.0 Å². The molecular weight excluding hydrogens is 433 g/mol. The molecule has 0 atom stereocenters. The summed E-state index contributed by atoms with van der Waals surface area (Å²) in [4.78, 5) is 41.8. The lowest BCUT2D eigenvalue weighted by atomic mass is 9.96. The van der Waals surface area contributed by atoms with Gasteiger partial charge < -0.3 is 25.5 Å². The Morgan fingerprint density at radius 1 is 0.867 bits per heavy atom. The van der Waals surface area contributed by atoms with E-state index in [1.165, 1.54) is 12.8 Å². The third-order valence-corrected chi connectivity index (χ3v) is 6.18. The van der Waals surface area contributed by atoms with Crippen molar-refractivity contribution >= 4 is 42.7 Å². The van der Waals surface area contributed by atoms with Crippen LogP contribution in [0.15, 0.2) is 0 Å². The molecule has 0 bridgehead atoms. The molecule has 3 aliphatic rings. The van der Waals surface area contributed by atoms with Crippen molar-refractivity contribution in [2.75, 3.05) is 58.9 Å². The van der Waals surface area contributed by atoms with Gasteiger partial charge in [-0.2, -0.15) is 0 Å². The monoisotopic (exact) mass is 467 g/mol. The number of carboxylic acids is 1. The number of hydrogen-bond donors (Lipinski definition) is 3. The molecule has 174 valence electrons. The van der Waals surface area contributed by atoms with Crippen LogP contribution in [-0.2, 0) is 9.59 Å². The molecule has 3 rings (SSSR count). The molecule has 0 spiro atoms. The van der Waals surface area contributed by atoms with Crippen molar-refractivity contribution in [3.8, 4) is 0 Å². The van der Waals surface area contributed by atoms with E-state index in [1.807, 2.05) is 9.80 Å². The lowest BCUT2D eigenvalue weighted by Crippen LogP contribution is -2.57. The molecule has 3 heterocycles. The fraction of sp³-hybridized carbons (Fsp3) is 0.842. The minimum absolute atomic E-state index is 0. The van der Waals surface area contributed by atoms with Crippen LogP contribution in [0, 0.1) is 5.92 Å². The summed E-state index contributed by atoms with van der Waals surface area (Å²) in [7, 11) is 0. The van der Waals surface area contributed by atoms with Gasteiger partial charge in [-0.15, -0.1) is 24.8 Å². The van der Waals surface area contributed by atoms with E-state index in [2.05, 4.69) is 15.5 Å². The maximum absolute atomic E-state index is 12.8. The summed E-state index contributed by atoms with van der Waals surface area (Å²) in [5.41, 5.74) is 0. The Balaban J connectivity index is 0.00000225. The molecule has 0 saturated carbocycles. The Morgan fingerprint density at radius 3 is 2.00 bits per heavy atom. The molecule has 3 saturated heterocycles. The van der Waals surface area contributed by atoms with Gasteiger partial charge in [0.2, 0.25) is 5.91 Å². The van der Waals surface area contributed by atoms with Gasteiger partial charge in [0, 0.05) is 57.8 Å². The summed E-state index contributed by atoms with van der Waals surface area (Å²) in [5, 5.41) is 14.7. The summed E-state index contributed by atoms with van der Waals surface area (Å²) in [5.74, 6) is -1.14. The lowest BCUT2D eigenvalue weighted by molar-refractivity contribution is -0.137. The number of piperazine rings is 1. The van der Waals surface area contributed by atoms with E-state index >= 15 is 0 Å². The van der Waals surface area contributed by atoms with Crippen LogP contribution in [0.4, 0.5) is 4.79 Å². The normalized spacial score (nSPS) is 21.3. The molecule has 9 nitrogen and oxygen atoms in total. The molecule has 3 fully saturated rings. The number of nitrogens with one attached hydrogen (secondary N) is 2. The quantitative estimate of drug-likeness (QED) is 0.547. The van der Waals surface area contributed by atoms with Gasteiger partial charge in [0.25, 0.3) is 0 Å². The zero-order chi connectivity index (χ0) is 19.9. The number of piperidine rings is 2. The average molecular weight is 468 g/mol. The first kappa shape index (κ1) is 26.7. The molecule has 0 aliphatic carbocycles. The minimum atomic E-state index is -0.916. The Hall–Kier alpha value is -1.29. The van der Waals surface area contributed by atoms with E-state index in [4.69, 9.17) is 5.11 Å². The number of urea groups is 1. The third-order valence-electron chi connectivity index (χ3n) is 6.18. The summed E-state index contributed by atoms with van der Waals surface area (Å²) in [6, 6.07) is 0.739. The van der Waals surface area contributed by atoms with Crippen molar-refractivity contribution in [2.45, 2.75) is 38.1 Å². The molecule has 0 aromatic carbocycles. The smallest absolute Gasteiger partial charge is 0.320 e. The van der Waals surface area contributed by atoms with Crippen LogP contribution in [0.5, 0.6) is 0 Å². The fourth-order valence-corrected chi connectivity index (χ4v) is 4.42. The number of nitrogens with zero attached hydrogens (tertiary/aromatic N) is 3. The number of halogens is 2. The maximum Gasteiger partial charge on any atom is 0.320 e. The molecular formula is C19H35Cl2N5O4. The number of hydrogen-bond acceptors (Lipinski definition) is 5. The first-order valence-corrected chi connectivity index (χ1v) is 10.5. The Bertz CT molecular complexity index is 561. The highest BCUT2D eigenvalue weighted by molar-refractivity contribution is 5.85. The van der Waals surface area contributed by atoms with E-state index < -0.39 is 5.97 Å². The summed E-state index contributed by atoms with van der Waals surface area (Å²) in [6.45, 7) is 6.95. The number of rotatable bonds is 5. The zero-order valence-corrected chi connectivity index (χ0v) is 19.0. The molecule has 3 aliphatic heterocycles. The van der Waals surface area contributed by atoms with E-state index in [-0.39, 0.29) is 55.6 Å². The second-order valence-electron chi connectivity index (χ2n) is 7.98. The number of likely N-dealkylation sites (tertiary alicyclic amines) is 1. The number of carbonyl (C=O) groups excluding carboxylic acids is 2. The summed E-state index contributed by atoms with van der Waals surface area (Å²) < 4.78 is 0. The highest BCUT2D eigenvalue weighted by Gasteiger charge is 2.32. The van der Waals surface area contributed by atoms with E-state index in [1.54, 1.807) is 0 Å². The molecule has 0 aromatic rings. The first-order valence-electron chi connectivity index (χ1n) is 10.5. The molecule has 0 unspecified atom stereocenters. The van der Waals surface area contributed by atoms with Crippen LogP contribution in [-0.4, -0.2) is 103 Å². The maximum atomic E-state index is 12.8. The fourth-order valence-electron chi connectivity index (χ4n) is 4.42. The molecule has 30 heavy (non-hydrogen) atoms. The first-order chi connectivity index (χ1) is 13.5. The largest absolute Gasteiger partial charge is 0.481 e. The molecule has 3 amide bonds. The molecule has 0 aromatic heterocycles. The van der Waals surface area contributed by atoms with Gasteiger partial charge in [0.1, 0.15) is 0 Å². The van der Waals surface area contributed by atoms with Crippen LogP contribution >= 0.6 is 24.8 Å². The molecule has 0 radical (unpaired) electrons. The second-order valence-corrected chi connectivity index (χ2v) is 7.98. The van der Waals surface area contributed by atoms with Crippen molar-refractivity contribution < 1.29 is 19.5 Å². The van der Waals surface area contributed by atoms with Crippen LogP contribution in [0.3, 0.4) is 0 Å². The van der Waals surface area contributed by atoms with Crippen molar-refractivity contribution in [2.24, 2.45) is 5.92 Å². The average Bonchev–Trinajstić information content (AvgIpc) is 2.74.